The summed E-state index contributed by atoms with van der Waals surface area (Å²) in [7, 11) is 0. The van der Waals surface area contributed by atoms with Crippen LogP contribution >= 0.6 is 0 Å². The molecule has 2 aromatic carbocycles. The van der Waals surface area contributed by atoms with E-state index in [0.29, 0.717) is 0 Å². The van der Waals surface area contributed by atoms with E-state index in [0.717, 1.165) is 42.6 Å². The predicted octanol–water partition coefficient (Wildman–Crippen LogP) is 3.80. The first kappa shape index (κ1) is 18.1. The molecule has 134 valence electrons. The van der Waals surface area contributed by atoms with Gasteiger partial charge in [-0.3, -0.25) is 4.90 Å². The zero-order valence-corrected chi connectivity index (χ0v) is 15.4. The van der Waals surface area contributed by atoms with Gasteiger partial charge in [0.05, 0.1) is 0 Å². The highest BCUT2D eigenvalue weighted by Gasteiger charge is 2.49. The van der Waals surface area contributed by atoms with Gasteiger partial charge in [0, 0.05) is 18.5 Å². The number of aliphatic hydroxyl groups is 2. The lowest BCUT2D eigenvalue weighted by Gasteiger charge is -2.47. The summed E-state index contributed by atoms with van der Waals surface area (Å²) in [5.41, 5.74) is 1.37. The summed E-state index contributed by atoms with van der Waals surface area (Å²) >= 11 is 0. The van der Waals surface area contributed by atoms with Gasteiger partial charge in [-0.25, -0.2) is 0 Å². The average molecular weight is 339 g/mol. The first-order chi connectivity index (χ1) is 11.9. The van der Waals surface area contributed by atoms with Gasteiger partial charge >= 0.3 is 0 Å². The fourth-order valence-electron chi connectivity index (χ4n) is 3.83. The van der Waals surface area contributed by atoms with Crippen molar-refractivity contribution in [1.29, 1.82) is 0 Å². The van der Waals surface area contributed by atoms with Gasteiger partial charge < -0.3 is 10.2 Å². The molecule has 1 fully saturated rings. The number of benzene rings is 2. The Hall–Kier alpha value is -1.68. The summed E-state index contributed by atoms with van der Waals surface area (Å²) in [6.07, 6.45) is 1.27. The molecule has 0 spiro atoms. The molecule has 3 rings (SSSR count). The molecule has 3 heteroatoms. The van der Waals surface area contributed by atoms with Crippen LogP contribution < -0.4 is 0 Å². The maximum absolute atomic E-state index is 11.4. The number of hydrogen-bond donors (Lipinski definition) is 2. The maximum Gasteiger partial charge on any atom is 0.137 e. The largest absolute Gasteiger partial charge is 0.385 e. The smallest absolute Gasteiger partial charge is 0.137 e. The van der Waals surface area contributed by atoms with E-state index >= 15 is 0 Å². The van der Waals surface area contributed by atoms with Crippen LogP contribution in [0.2, 0.25) is 0 Å². The number of aliphatic hydroxyl groups excluding tert-OH is 1. The van der Waals surface area contributed by atoms with Crippen molar-refractivity contribution in [1.82, 2.24) is 4.90 Å². The van der Waals surface area contributed by atoms with Gasteiger partial charge in [0.25, 0.3) is 0 Å². The van der Waals surface area contributed by atoms with Gasteiger partial charge in [0.2, 0.25) is 0 Å². The van der Waals surface area contributed by atoms with Crippen LogP contribution in [-0.4, -0.2) is 40.0 Å². The molecule has 0 aliphatic carbocycles. The minimum absolute atomic E-state index is 0.624. The van der Waals surface area contributed by atoms with Gasteiger partial charge in [-0.05, 0) is 36.5 Å². The van der Waals surface area contributed by atoms with Crippen molar-refractivity contribution in [2.45, 2.75) is 50.9 Å². The molecule has 0 aromatic heterocycles. The molecule has 1 heterocycles. The van der Waals surface area contributed by atoms with Crippen LogP contribution in [0.4, 0.5) is 0 Å². The standard InChI is InChI=1S/C22H29NO2/c1-21(2,22(3,25)20(24)23-15-9-10-16-23)19-14-8-7-13-18(19)17-11-5-4-6-12-17/h4-8,11-14,20,24-25H,9-10,15-16H2,1-3H3. The molecule has 1 aliphatic heterocycles. The lowest BCUT2D eigenvalue weighted by atomic mass is 9.67. The van der Waals surface area contributed by atoms with Crippen LogP contribution in [0.5, 0.6) is 0 Å². The van der Waals surface area contributed by atoms with E-state index in [9.17, 15) is 10.2 Å². The lowest BCUT2D eigenvalue weighted by molar-refractivity contribution is -0.165. The van der Waals surface area contributed by atoms with E-state index in [1.54, 1.807) is 6.92 Å². The molecule has 0 bridgehead atoms. The molecule has 0 saturated carbocycles. The SMILES string of the molecule is CC(C)(c1ccccc1-c1ccccc1)C(C)(O)C(O)N1CCCC1. The number of hydrogen-bond acceptors (Lipinski definition) is 3. The molecule has 2 unspecified atom stereocenters. The second-order valence-electron chi connectivity index (χ2n) is 7.80. The minimum Gasteiger partial charge on any atom is -0.385 e. The highest BCUT2D eigenvalue weighted by molar-refractivity contribution is 5.69. The molecule has 2 atom stereocenters. The quantitative estimate of drug-likeness (QED) is 0.871. The lowest BCUT2D eigenvalue weighted by Crippen LogP contribution is -2.59. The molecule has 1 saturated heterocycles. The third-order valence-electron chi connectivity index (χ3n) is 5.94. The molecule has 2 aromatic rings. The Bertz CT molecular complexity index is 703. The molecule has 2 N–H and O–H groups in total. The Balaban J connectivity index is 2.02. The van der Waals surface area contributed by atoms with E-state index in [2.05, 4.69) is 24.3 Å². The molecule has 0 radical (unpaired) electrons. The topological polar surface area (TPSA) is 43.7 Å². The van der Waals surface area contributed by atoms with Crippen molar-refractivity contribution >= 4 is 0 Å². The summed E-state index contributed by atoms with van der Waals surface area (Å²) in [6.45, 7) is 7.49. The molecule has 1 aliphatic rings. The molecule has 0 amide bonds. The van der Waals surface area contributed by atoms with Crippen molar-refractivity contribution < 1.29 is 10.2 Å². The fraction of sp³-hybridized carbons (Fsp3) is 0.455. The zero-order chi connectivity index (χ0) is 18.1. The summed E-state index contributed by atoms with van der Waals surface area (Å²) in [6, 6.07) is 18.4. The second-order valence-corrected chi connectivity index (χ2v) is 7.80. The number of nitrogens with zero attached hydrogens (tertiary/aromatic N) is 1. The first-order valence-corrected chi connectivity index (χ1v) is 9.15. The van der Waals surface area contributed by atoms with E-state index in [4.69, 9.17) is 0 Å². The van der Waals surface area contributed by atoms with Crippen LogP contribution in [0.25, 0.3) is 11.1 Å². The third-order valence-corrected chi connectivity index (χ3v) is 5.94. The Kier molecular flexibility index (Phi) is 5.01. The van der Waals surface area contributed by atoms with Crippen molar-refractivity contribution in [3.63, 3.8) is 0 Å². The first-order valence-electron chi connectivity index (χ1n) is 9.15. The van der Waals surface area contributed by atoms with Crippen molar-refractivity contribution in [3.05, 3.63) is 60.2 Å². The Labute approximate surface area is 150 Å². The van der Waals surface area contributed by atoms with Crippen LogP contribution in [0.15, 0.2) is 54.6 Å². The van der Waals surface area contributed by atoms with Gasteiger partial charge in [-0.1, -0.05) is 68.4 Å². The highest BCUT2D eigenvalue weighted by Crippen LogP contribution is 2.42. The summed E-state index contributed by atoms with van der Waals surface area (Å²) in [5.74, 6) is 0. The van der Waals surface area contributed by atoms with Gasteiger partial charge in [-0.15, -0.1) is 0 Å². The third kappa shape index (κ3) is 3.24. The molecular formula is C22H29NO2. The summed E-state index contributed by atoms with van der Waals surface area (Å²) in [4.78, 5) is 1.99. The summed E-state index contributed by atoms with van der Waals surface area (Å²) < 4.78 is 0. The molecule has 25 heavy (non-hydrogen) atoms. The minimum atomic E-state index is -1.28. The highest BCUT2D eigenvalue weighted by atomic mass is 16.4. The van der Waals surface area contributed by atoms with Crippen LogP contribution in [-0.2, 0) is 5.41 Å². The fourth-order valence-corrected chi connectivity index (χ4v) is 3.83. The molecule has 3 nitrogen and oxygen atoms in total. The van der Waals surface area contributed by atoms with E-state index < -0.39 is 17.2 Å². The number of rotatable bonds is 5. The zero-order valence-electron chi connectivity index (χ0n) is 15.4. The van der Waals surface area contributed by atoms with E-state index in [-0.39, 0.29) is 0 Å². The van der Waals surface area contributed by atoms with Crippen molar-refractivity contribution in [2.24, 2.45) is 0 Å². The predicted molar refractivity (Wildman–Crippen MR) is 102 cm³/mol. The average Bonchev–Trinajstić information content (AvgIpc) is 3.16. The van der Waals surface area contributed by atoms with Crippen molar-refractivity contribution in [2.75, 3.05) is 13.1 Å². The Morgan fingerprint density at radius 2 is 1.44 bits per heavy atom. The van der Waals surface area contributed by atoms with Crippen molar-refractivity contribution in [3.8, 4) is 11.1 Å². The Morgan fingerprint density at radius 1 is 0.880 bits per heavy atom. The van der Waals surface area contributed by atoms with Crippen LogP contribution in [0.1, 0.15) is 39.2 Å². The normalized spacial score (nSPS) is 19.6. The maximum atomic E-state index is 11.4. The van der Waals surface area contributed by atoms with Crippen LogP contribution in [0, 0.1) is 0 Å². The monoisotopic (exact) mass is 339 g/mol. The van der Waals surface area contributed by atoms with Gasteiger partial charge in [0.15, 0.2) is 0 Å². The Morgan fingerprint density at radius 3 is 2.08 bits per heavy atom. The van der Waals surface area contributed by atoms with Gasteiger partial charge in [0.1, 0.15) is 11.8 Å². The molecular weight excluding hydrogens is 310 g/mol. The van der Waals surface area contributed by atoms with Gasteiger partial charge in [-0.2, -0.15) is 0 Å². The second kappa shape index (κ2) is 6.91. The van der Waals surface area contributed by atoms with E-state index in [1.807, 2.05) is 49.1 Å². The number of likely N-dealkylation sites (tertiary alicyclic amines) is 1. The summed E-state index contributed by atoms with van der Waals surface area (Å²) in [5, 5.41) is 22.3. The van der Waals surface area contributed by atoms with Crippen LogP contribution in [0.3, 0.4) is 0 Å². The van der Waals surface area contributed by atoms with E-state index in [1.165, 1.54) is 0 Å².